The van der Waals surface area contributed by atoms with Crippen molar-refractivity contribution in [2.45, 2.75) is 20.5 Å². The summed E-state index contributed by atoms with van der Waals surface area (Å²) in [5.41, 5.74) is 1.83. The lowest BCUT2D eigenvalue weighted by Crippen LogP contribution is -2.07. The molecule has 0 fully saturated rings. The van der Waals surface area contributed by atoms with Gasteiger partial charge < -0.3 is 14.9 Å². The van der Waals surface area contributed by atoms with E-state index in [-0.39, 0.29) is 29.2 Å². The van der Waals surface area contributed by atoms with E-state index in [0.717, 1.165) is 23.3 Å². The molecule has 23 heavy (non-hydrogen) atoms. The molecule has 0 amide bonds. The first-order chi connectivity index (χ1) is 10.8. The number of carbonyl (C=O) groups excluding carboxylic acids is 1. The Labute approximate surface area is 131 Å². The Bertz CT molecular complexity index is 784. The number of aromatic hydroxyl groups is 2. The highest BCUT2D eigenvalue weighted by molar-refractivity contribution is 5.90. The Balaban J connectivity index is 2.20. The summed E-state index contributed by atoms with van der Waals surface area (Å²) < 4.78 is 5.06. The van der Waals surface area contributed by atoms with Gasteiger partial charge in [0.2, 0.25) is 0 Å². The SMILES string of the molecule is Cc1cc(COC(=O)c2ccc(O)c(O)c2)c([N+](=O)[O-])cc1C. The van der Waals surface area contributed by atoms with E-state index < -0.39 is 16.6 Å². The van der Waals surface area contributed by atoms with E-state index in [0.29, 0.717) is 0 Å². The van der Waals surface area contributed by atoms with E-state index in [1.54, 1.807) is 13.0 Å². The number of hydrogen-bond acceptors (Lipinski definition) is 6. The number of nitro groups is 1. The third-order valence-electron chi connectivity index (χ3n) is 3.46. The van der Waals surface area contributed by atoms with E-state index in [2.05, 4.69) is 0 Å². The van der Waals surface area contributed by atoms with Crippen molar-refractivity contribution in [3.8, 4) is 11.5 Å². The summed E-state index contributed by atoms with van der Waals surface area (Å²) in [5.74, 6) is -1.56. The number of nitrogens with zero attached hydrogens (tertiary/aromatic N) is 1. The summed E-state index contributed by atoms with van der Waals surface area (Å²) >= 11 is 0. The third kappa shape index (κ3) is 3.57. The molecule has 0 unspecified atom stereocenters. The van der Waals surface area contributed by atoms with Crippen LogP contribution in [-0.2, 0) is 11.3 Å². The Morgan fingerprint density at radius 3 is 2.39 bits per heavy atom. The first-order valence-corrected chi connectivity index (χ1v) is 6.73. The molecule has 7 nitrogen and oxygen atoms in total. The van der Waals surface area contributed by atoms with E-state index in [9.17, 15) is 25.1 Å². The maximum atomic E-state index is 11.9. The quantitative estimate of drug-likeness (QED) is 0.388. The Kier molecular flexibility index (Phi) is 4.49. The molecule has 0 aliphatic carbocycles. The molecule has 120 valence electrons. The van der Waals surface area contributed by atoms with E-state index >= 15 is 0 Å². The smallest absolute Gasteiger partial charge is 0.338 e. The molecule has 0 spiro atoms. The molecule has 0 saturated heterocycles. The number of ether oxygens (including phenoxy) is 1. The van der Waals surface area contributed by atoms with Crippen LogP contribution in [0.15, 0.2) is 30.3 Å². The number of phenols is 2. The predicted octanol–water partition coefficient (Wildman–Crippen LogP) is 2.98. The molecule has 0 saturated carbocycles. The summed E-state index contributed by atoms with van der Waals surface area (Å²) in [7, 11) is 0. The van der Waals surface area contributed by atoms with Crippen molar-refractivity contribution in [3.63, 3.8) is 0 Å². The molecule has 0 atom stereocenters. The van der Waals surface area contributed by atoms with Gasteiger partial charge in [0.15, 0.2) is 11.5 Å². The van der Waals surface area contributed by atoms with Crippen molar-refractivity contribution < 1.29 is 24.7 Å². The molecule has 2 rings (SSSR count). The van der Waals surface area contributed by atoms with Gasteiger partial charge in [-0.05, 0) is 49.2 Å². The zero-order valence-electron chi connectivity index (χ0n) is 12.6. The lowest BCUT2D eigenvalue weighted by molar-refractivity contribution is -0.385. The highest BCUT2D eigenvalue weighted by Crippen LogP contribution is 2.26. The minimum Gasteiger partial charge on any atom is -0.504 e. The van der Waals surface area contributed by atoms with Crippen LogP contribution in [0.25, 0.3) is 0 Å². The molecule has 2 N–H and O–H groups in total. The molecule has 0 heterocycles. The van der Waals surface area contributed by atoms with Gasteiger partial charge >= 0.3 is 5.97 Å². The Morgan fingerprint density at radius 1 is 1.13 bits per heavy atom. The Morgan fingerprint density at radius 2 is 1.78 bits per heavy atom. The number of benzene rings is 2. The van der Waals surface area contributed by atoms with Crippen LogP contribution in [0.4, 0.5) is 5.69 Å². The fourth-order valence-electron chi connectivity index (χ4n) is 2.02. The van der Waals surface area contributed by atoms with Crippen LogP contribution in [0.5, 0.6) is 11.5 Å². The maximum Gasteiger partial charge on any atom is 0.338 e. The van der Waals surface area contributed by atoms with Crippen LogP contribution in [0, 0.1) is 24.0 Å². The second-order valence-electron chi connectivity index (χ2n) is 5.10. The average molecular weight is 317 g/mol. The minimum atomic E-state index is -0.757. The predicted molar refractivity (Wildman–Crippen MR) is 81.5 cm³/mol. The van der Waals surface area contributed by atoms with Crippen molar-refractivity contribution in [2.24, 2.45) is 0 Å². The molecule has 0 bridgehead atoms. The first kappa shape index (κ1) is 16.3. The fourth-order valence-corrected chi connectivity index (χ4v) is 2.02. The van der Waals surface area contributed by atoms with Gasteiger partial charge in [0.05, 0.1) is 16.1 Å². The lowest BCUT2D eigenvalue weighted by atomic mass is 10.0. The van der Waals surface area contributed by atoms with Gasteiger partial charge in [0, 0.05) is 6.07 Å². The largest absolute Gasteiger partial charge is 0.504 e. The zero-order valence-corrected chi connectivity index (χ0v) is 12.6. The molecule has 0 aromatic heterocycles. The highest BCUT2D eigenvalue weighted by atomic mass is 16.6. The van der Waals surface area contributed by atoms with Gasteiger partial charge in [0.25, 0.3) is 5.69 Å². The monoisotopic (exact) mass is 317 g/mol. The normalized spacial score (nSPS) is 10.3. The second kappa shape index (κ2) is 6.35. The average Bonchev–Trinajstić information content (AvgIpc) is 2.50. The first-order valence-electron chi connectivity index (χ1n) is 6.73. The molecule has 7 heteroatoms. The number of nitro benzene ring substituents is 1. The summed E-state index contributed by atoms with van der Waals surface area (Å²) in [5, 5.41) is 29.7. The number of aryl methyl sites for hydroxylation is 2. The van der Waals surface area contributed by atoms with E-state index in [1.807, 2.05) is 6.92 Å². The van der Waals surface area contributed by atoms with Gasteiger partial charge in [0.1, 0.15) is 6.61 Å². The zero-order chi connectivity index (χ0) is 17.1. The van der Waals surface area contributed by atoms with Crippen LogP contribution in [0.2, 0.25) is 0 Å². The van der Waals surface area contributed by atoms with Crippen molar-refractivity contribution in [1.29, 1.82) is 0 Å². The van der Waals surface area contributed by atoms with Crippen molar-refractivity contribution in [3.05, 3.63) is 62.7 Å². The molecular weight excluding hydrogens is 302 g/mol. The van der Waals surface area contributed by atoms with Crippen LogP contribution >= 0.6 is 0 Å². The molecule has 2 aromatic carbocycles. The Hall–Kier alpha value is -3.09. The number of rotatable bonds is 4. The molecule has 0 aliphatic heterocycles. The van der Waals surface area contributed by atoms with Crippen molar-refractivity contribution in [1.82, 2.24) is 0 Å². The van der Waals surface area contributed by atoms with Crippen LogP contribution < -0.4 is 0 Å². The van der Waals surface area contributed by atoms with Gasteiger partial charge in [-0.1, -0.05) is 0 Å². The van der Waals surface area contributed by atoms with Crippen molar-refractivity contribution in [2.75, 3.05) is 0 Å². The summed E-state index contributed by atoms with van der Waals surface area (Å²) in [4.78, 5) is 22.5. The number of carbonyl (C=O) groups is 1. The van der Waals surface area contributed by atoms with E-state index in [1.165, 1.54) is 12.1 Å². The summed E-state index contributed by atoms with van der Waals surface area (Å²) in [6.07, 6.45) is 0. The van der Waals surface area contributed by atoms with Gasteiger partial charge in [-0.2, -0.15) is 0 Å². The minimum absolute atomic E-state index is 0.0341. The number of hydrogen-bond donors (Lipinski definition) is 2. The van der Waals surface area contributed by atoms with Crippen LogP contribution in [-0.4, -0.2) is 21.1 Å². The van der Waals surface area contributed by atoms with Crippen LogP contribution in [0.1, 0.15) is 27.0 Å². The van der Waals surface area contributed by atoms with Gasteiger partial charge in [-0.25, -0.2) is 4.79 Å². The van der Waals surface area contributed by atoms with Crippen LogP contribution in [0.3, 0.4) is 0 Å². The second-order valence-corrected chi connectivity index (χ2v) is 5.10. The lowest BCUT2D eigenvalue weighted by Gasteiger charge is -2.09. The van der Waals surface area contributed by atoms with Crippen molar-refractivity contribution >= 4 is 11.7 Å². The summed E-state index contributed by atoms with van der Waals surface area (Å²) in [6.45, 7) is 3.30. The highest BCUT2D eigenvalue weighted by Gasteiger charge is 2.18. The molecular formula is C16H15NO6. The number of esters is 1. The van der Waals surface area contributed by atoms with E-state index in [4.69, 9.17) is 4.74 Å². The topological polar surface area (TPSA) is 110 Å². The fraction of sp³-hybridized carbons (Fsp3) is 0.188. The summed E-state index contributed by atoms with van der Waals surface area (Å²) in [6, 6.07) is 6.54. The number of phenolic OH excluding ortho intramolecular Hbond substituents is 2. The maximum absolute atomic E-state index is 11.9. The molecule has 0 aliphatic rings. The third-order valence-corrected chi connectivity index (χ3v) is 3.46. The van der Waals surface area contributed by atoms with Gasteiger partial charge in [-0.15, -0.1) is 0 Å². The van der Waals surface area contributed by atoms with Gasteiger partial charge in [-0.3, -0.25) is 10.1 Å². The molecule has 0 radical (unpaired) electrons. The standard InChI is InChI=1S/C16H15NO6/c1-9-5-12(13(17(21)22)6-10(9)2)8-23-16(20)11-3-4-14(18)15(19)7-11/h3-7,18-19H,8H2,1-2H3. The molecule has 2 aromatic rings.